The van der Waals surface area contributed by atoms with E-state index in [1.165, 1.54) is 6.42 Å². The first-order valence-corrected chi connectivity index (χ1v) is 6.44. The zero-order valence-corrected chi connectivity index (χ0v) is 11.2. The molecule has 0 bridgehead atoms. The van der Waals surface area contributed by atoms with Crippen molar-refractivity contribution in [3.8, 4) is 0 Å². The van der Waals surface area contributed by atoms with E-state index in [2.05, 4.69) is 25.7 Å². The lowest BCUT2D eigenvalue weighted by atomic mass is 9.97. The van der Waals surface area contributed by atoms with E-state index < -0.39 is 5.97 Å². The Morgan fingerprint density at radius 1 is 1.47 bits per heavy atom. The van der Waals surface area contributed by atoms with Gasteiger partial charge in [0.1, 0.15) is 0 Å². The summed E-state index contributed by atoms with van der Waals surface area (Å²) >= 11 is 0. The van der Waals surface area contributed by atoms with Crippen LogP contribution in [-0.2, 0) is 9.53 Å². The third-order valence-electron chi connectivity index (χ3n) is 3.28. The number of nitrogens with zero attached hydrogens (tertiary/aromatic N) is 1. The summed E-state index contributed by atoms with van der Waals surface area (Å²) in [5.41, 5.74) is 0.0207. The molecule has 0 spiro atoms. The Morgan fingerprint density at radius 3 is 2.65 bits per heavy atom. The van der Waals surface area contributed by atoms with E-state index in [1.54, 1.807) is 0 Å². The van der Waals surface area contributed by atoms with Crippen LogP contribution in [0.2, 0.25) is 0 Å². The van der Waals surface area contributed by atoms with Crippen LogP contribution in [0.15, 0.2) is 0 Å². The second-order valence-corrected chi connectivity index (χ2v) is 5.84. The van der Waals surface area contributed by atoms with Gasteiger partial charge in [-0.1, -0.05) is 0 Å². The van der Waals surface area contributed by atoms with Gasteiger partial charge in [-0.25, -0.2) is 0 Å². The third-order valence-corrected chi connectivity index (χ3v) is 3.28. The Labute approximate surface area is 104 Å². The smallest absolute Gasteiger partial charge is 0.304 e. The van der Waals surface area contributed by atoms with Gasteiger partial charge in [-0.15, -0.1) is 0 Å². The van der Waals surface area contributed by atoms with Crippen LogP contribution >= 0.6 is 0 Å². The molecular formula is C13H25NO3. The fourth-order valence-corrected chi connectivity index (χ4v) is 2.19. The number of hydrogen-bond acceptors (Lipinski definition) is 3. The molecule has 100 valence electrons. The van der Waals surface area contributed by atoms with Crippen molar-refractivity contribution in [1.82, 2.24) is 4.90 Å². The number of carbonyl (C=O) groups is 1. The summed E-state index contributed by atoms with van der Waals surface area (Å²) in [5, 5.41) is 8.78. The first-order valence-electron chi connectivity index (χ1n) is 6.44. The Bertz CT molecular complexity index is 242. The third kappa shape index (κ3) is 5.50. The summed E-state index contributed by atoms with van der Waals surface area (Å²) in [6.45, 7) is 9.67. The van der Waals surface area contributed by atoms with E-state index in [-0.39, 0.29) is 12.0 Å². The van der Waals surface area contributed by atoms with Crippen molar-refractivity contribution < 1.29 is 14.6 Å². The number of rotatable bonds is 5. The van der Waals surface area contributed by atoms with Crippen molar-refractivity contribution in [3.05, 3.63) is 0 Å². The Kier molecular flexibility index (Phi) is 5.40. The van der Waals surface area contributed by atoms with Crippen LogP contribution in [0.1, 0.15) is 40.0 Å². The molecule has 1 fully saturated rings. The molecule has 1 heterocycles. The number of ether oxygens (including phenoxy) is 1. The Morgan fingerprint density at radius 2 is 2.18 bits per heavy atom. The maximum atomic E-state index is 10.7. The molecule has 1 N–H and O–H groups in total. The van der Waals surface area contributed by atoms with Gasteiger partial charge in [0.05, 0.1) is 13.0 Å². The fourth-order valence-electron chi connectivity index (χ4n) is 2.19. The SMILES string of the molecule is CC(C)(C)N(CCC(=O)O)CC1CCCOC1. The van der Waals surface area contributed by atoms with Crippen molar-refractivity contribution in [2.24, 2.45) is 5.92 Å². The van der Waals surface area contributed by atoms with Crippen LogP contribution in [0.4, 0.5) is 0 Å². The van der Waals surface area contributed by atoms with Crippen LogP contribution in [-0.4, -0.2) is 47.8 Å². The molecule has 0 amide bonds. The molecule has 1 unspecified atom stereocenters. The highest BCUT2D eigenvalue weighted by molar-refractivity contribution is 5.66. The monoisotopic (exact) mass is 243 g/mol. The summed E-state index contributed by atoms with van der Waals surface area (Å²) in [5.74, 6) is -0.170. The zero-order chi connectivity index (χ0) is 12.9. The molecule has 4 heteroatoms. The summed E-state index contributed by atoms with van der Waals surface area (Å²) in [7, 11) is 0. The van der Waals surface area contributed by atoms with Crippen molar-refractivity contribution in [1.29, 1.82) is 0 Å². The lowest BCUT2D eigenvalue weighted by Crippen LogP contribution is -2.46. The van der Waals surface area contributed by atoms with Crippen LogP contribution in [0.5, 0.6) is 0 Å². The van der Waals surface area contributed by atoms with Crippen LogP contribution < -0.4 is 0 Å². The van der Waals surface area contributed by atoms with Crippen molar-refractivity contribution >= 4 is 5.97 Å². The molecule has 0 radical (unpaired) electrons. The molecule has 0 saturated carbocycles. The molecule has 0 aliphatic carbocycles. The zero-order valence-electron chi connectivity index (χ0n) is 11.2. The molecule has 0 aromatic carbocycles. The molecule has 17 heavy (non-hydrogen) atoms. The van der Waals surface area contributed by atoms with E-state index in [1.807, 2.05) is 0 Å². The Hall–Kier alpha value is -0.610. The Balaban J connectivity index is 2.47. The molecule has 4 nitrogen and oxygen atoms in total. The van der Waals surface area contributed by atoms with Crippen molar-refractivity contribution in [2.75, 3.05) is 26.3 Å². The molecule has 1 aliphatic rings. The molecule has 0 aromatic rings. The maximum Gasteiger partial charge on any atom is 0.304 e. The number of carboxylic acids is 1. The van der Waals surface area contributed by atoms with Gasteiger partial charge in [-0.05, 0) is 39.5 Å². The van der Waals surface area contributed by atoms with E-state index in [0.29, 0.717) is 12.5 Å². The minimum Gasteiger partial charge on any atom is -0.481 e. The minimum absolute atomic E-state index is 0.0207. The lowest BCUT2D eigenvalue weighted by molar-refractivity contribution is -0.137. The molecule has 1 atom stereocenters. The van der Waals surface area contributed by atoms with E-state index >= 15 is 0 Å². The summed E-state index contributed by atoms with van der Waals surface area (Å²) in [6.07, 6.45) is 2.53. The van der Waals surface area contributed by atoms with E-state index in [4.69, 9.17) is 9.84 Å². The average molecular weight is 243 g/mol. The van der Waals surface area contributed by atoms with Gasteiger partial charge in [0, 0.05) is 25.2 Å². The highest BCUT2D eigenvalue weighted by atomic mass is 16.5. The van der Waals surface area contributed by atoms with Gasteiger partial charge in [0.15, 0.2) is 0 Å². The molecule has 0 aromatic heterocycles. The molecule has 1 saturated heterocycles. The molecule has 1 rings (SSSR count). The van der Waals surface area contributed by atoms with Crippen LogP contribution in [0.25, 0.3) is 0 Å². The summed E-state index contributed by atoms with van der Waals surface area (Å²) in [6, 6.07) is 0. The van der Waals surface area contributed by atoms with Gasteiger partial charge in [-0.3, -0.25) is 9.69 Å². The lowest BCUT2D eigenvalue weighted by Gasteiger charge is -2.38. The number of carboxylic acid groups (broad SMARTS) is 1. The van der Waals surface area contributed by atoms with Gasteiger partial charge in [-0.2, -0.15) is 0 Å². The average Bonchev–Trinajstić information content (AvgIpc) is 2.23. The first kappa shape index (κ1) is 14.5. The van der Waals surface area contributed by atoms with E-state index in [0.717, 1.165) is 26.2 Å². The van der Waals surface area contributed by atoms with Gasteiger partial charge in [0.25, 0.3) is 0 Å². The molecular weight excluding hydrogens is 218 g/mol. The molecule has 1 aliphatic heterocycles. The summed E-state index contributed by atoms with van der Waals surface area (Å²) in [4.78, 5) is 12.9. The van der Waals surface area contributed by atoms with Crippen LogP contribution in [0, 0.1) is 5.92 Å². The van der Waals surface area contributed by atoms with Gasteiger partial charge < -0.3 is 9.84 Å². The minimum atomic E-state index is -0.723. The van der Waals surface area contributed by atoms with Gasteiger partial charge in [0.2, 0.25) is 0 Å². The highest BCUT2D eigenvalue weighted by Crippen LogP contribution is 2.20. The highest BCUT2D eigenvalue weighted by Gasteiger charge is 2.25. The number of hydrogen-bond donors (Lipinski definition) is 1. The predicted molar refractivity (Wildman–Crippen MR) is 67.1 cm³/mol. The first-order chi connectivity index (χ1) is 7.89. The largest absolute Gasteiger partial charge is 0.481 e. The topological polar surface area (TPSA) is 49.8 Å². The van der Waals surface area contributed by atoms with Gasteiger partial charge >= 0.3 is 5.97 Å². The predicted octanol–water partition coefficient (Wildman–Crippen LogP) is 1.99. The standard InChI is InChI=1S/C13H25NO3/c1-13(2,3)14(7-6-12(15)16)9-11-5-4-8-17-10-11/h11H,4-10H2,1-3H3,(H,15,16). The second kappa shape index (κ2) is 6.36. The van der Waals surface area contributed by atoms with Crippen molar-refractivity contribution in [3.63, 3.8) is 0 Å². The van der Waals surface area contributed by atoms with E-state index in [9.17, 15) is 4.79 Å². The second-order valence-electron chi connectivity index (χ2n) is 5.84. The maximum absolute atomic E-state index is 10.7. The number of aliphatic carboxylic acids is 1. The summed E-state index contributed by atoms with van der Waals surface area (Å²) < 4.78 is 5.48. The quantitative estimate of drug-likeness (QED) is 0.802. The fraction of sp³-hybridized carbons (Fsp3) is 0.923. The normalized spacial score (nSPS) is 21.8. The van der Waals surface area contributed by atoms with Crippen LogP contribution in [0.3, 0.4) is 0 Å². The van der Waals surface area contributed by atoms with Crippen molar-refractivity contribution in [2.45, 2.75) is 45.6 Å².